The zero-order valence-electron chi connectivity index (χ0n) is 24.6. The molecule has 0 N–H and O–H groups in total. The van der Waals surface area contributed by atoms with Crippen LogP contribution in [0.2, 0.25) is 0 Å². The van der Waals surface area contributed by atoms with Gasteiger partial charge in [0.05, 0.1) is 0 Å². The molecule has 0 heterocycles. The van der Waals surface area contributed by atoms with Gasteiger partial charge in [0, 0.05) is 0 Å². The Kier molecular flexibility index (Phi) is 6.42. The highest BCUT2D eigenvalue weighted by Gasteiger charge is 2.70. The minimum absolute atomic E-state index is 0.558. The molecule has 5 rings (SSSR count). The second-order valence-corrected chi connectivity index (χ2v) is 16.3. The summed E-state index contributed by atoms with van der Waals surface area (Å²) in [6.45, 7) is 21.5. The summed E-state index contributed by atoms with van der Waals surface area (Å²) in [4.78, 5) is 0. The van der Waals surface area contributed by atoms with Crippen molar-refractivity contribution in [2.24, 2.45) is 62.6 Å². The van der Waals surface area contributed by atoms with Crippen LogP contribution >= 0.6 is 0 Å². The highest BCUT2D eigenvalue weighted by molar-refractivity contribution is 5.19. The van der Waals surface area contributed by atoms with Gasteiger partial charge in [-0.1, -0.05) is 87.5 Å². The summed E-state index contributed by atoms with van der Waals surface area (Å²) in [5, 5.41) is 0. The fourth-order valence-electron chi connectivity index (χ4n) is 12.9. The van der Waals surface area contributed by atoms with Gasteiger partial charge in [0.1, 0.15) is 0 Å². The second kappa shape index (κ2) is 8.51. The molecule has 0 aromatic rings. The van der Waals surface area contributed by atoms with Gasteiger partial charge < -0.3 is 0 Å². The Labute approximate surface area is 214 Å². The molecule has 196 valence electrons. The number of unbranched alkanes of at least 4 members (excludes halogenated alkanes) is 2. The Morgan fingerprint density at radius 1 is 0.647 bits per heavy atom. The quantitative estimate of drug-likeness (QED) is 0.352. The van der Waals surface area contributed by atoms with Gasteiger partial charge in [-0.15, -0.1) is 0 Å². The largest absolute Gasteiger partial charge is 0.0654 e. The zero-order chi connectivity index (χ0) is 24.6. The van der Waals surface area contributed by atoms with Crippen molar-refractivity contribution in [3.05, 3.63) is 0 Å². The molecule has 0 radical (unpaired) electrons. The van der Waals surface area contributed by atoms with E-state index in [9.17, 15) is 0 Å². The molecule has 5 aliphatic rings. The molecule has 0 heteroatoms. The molecule has 0 saturated heterocycles. The van der Waals surface area contributed by atoms with E-state index in [1.165, 1.54) is 77.0 Å². The van der Waals surface area contributed by atoms with Crippen molar-refractivity contribution in [1.29, 1.82) is 0 Å². The van der Waals surface area contributed by atoms with Crippen LogP contribution in [0, 0.1) is 62.6 Å². The van der Waals surface area contributed by atoms with Gasteiger partial charge in [-0.25, -0.2) is 0 Å². The first kappa shape index (κ1) is 25.6. The fraction of sp³-hybridized carbons (Fsp3) is 1.00. The smallest absolute Gasteiger partial charge is 0.0235 e. The Hall–Kier alpha value is 0. The fourth-order valence-corrected chi connectivity index (χ4v) is 12.9. The van der Waals surface area contributed by atoms with E-state index in [0.717, 1.165) is 35.5 Å². The molecular weight excluding hydrogens is 408 g/mol. The van der Waals surface area contributed by atoms with E-state index in [2.05, 4.69) is 55.4 Å². The van der Waals surface area contributed by atoms with E-state index in [1.807, 2.05) is 0 Å². The van der Waals surface area contributed by atoms with Gasteiger partial charge >= 0.3 is 0 Å². The summed E-state index contributed by atoms with van der Waals surface area (Å²) in [6.07, 6.45) is 22.5. The Balaban J connectivity index is 1.41. The highest BCUT2D eigenvalue weighted by Crippen LogP contribution is 2.78. The third-order valence-corrected chi connectivity index (χ3v) is 14.8. The summed E-state index contributed by atoms with van der Waals surface area (Å²) in [6, 6.07) is 0. The second-order valence-electron chi connectivity index (χ2n) is 16.3. The van der Waals surface area contributed by atoms with Gasteiger partial charge in [-0.05, 0) is 127 Å². The van der Waals surface area contributed by atoms with Gasteiger partial charge in [-0.3, -0.25) is 0 Å². The maximum absolute atomic E-state index is 2.83. The molecule has 0 aromatic heterocycles. The summed E-state index contributed by atoms with van der Waals surface area (Å²) < 4.78 is 0. The lowest BCUT2D eigenvalue weighted by Gasteiger charge is -2.73. The van der Waals surface area contributed by atoms with Crippen molar-refractivity contribution in [3.63, 3.8) is 0 Å². The molecule has 5 fully saturated rings. The lowest BCUT2D eigenvalue weighted by atomic mass is 9.32. The first-order valence-electron chi connectivity index (χ1n) is 15.9. The molecule has 0 spiro atoms. The van der Waals surface area contributed by atoms with E-state index >= 15 is 0 Å². The van der Waals surface area contributed by atoms with E-state index in [1.54, 1.807) is 19.3 Å². The monoisotopic (exact) mass is 468 g/mol. The molecule has 5 saturated carbocycles. The molecule has 0 amide bonds. The average molecular weight is 469 g/mol. The zero-order valence-corrected chi connectivity index (χ0v) is 24.6. The molecule has 7 unspecified atom stereocenters. The average Bonchev–Trinajstić information content (AvgIpc) is 3.11. The predicted octanol–water partition coefficient (Wildman–Crippen LogP) is 10.7. The summed E-state index contributed by atoms with van der Waals surface area (Å²) in [5.41, 5.74) is 2.90. The SMILES string of the molecule is CCCCC[C@@H](C)[C@@H]1CC[C@@]2(C)C1CCC1(C)C2CCC2C3(C)CCCC(C)(C)C3CCC21C. The van der Waals surface area contributed by atoms with Crippen molar-refractivity contribution >= 4 is 0 Å². The Bertz CT molecular complexity index is 749. The first-order chi connectivity index (χ1) is 15.9. The standard InChI is InChI=1S/C34H60/c1-9-10-11-13-24(2)25-16-21-31(5)26(25)17-22-33(7)28(31)14-15-29-32(6)20-12-19-30(3,4)27(32)18-23-34(29,33)8/h24-29H,9-23H2,1-8H3/t24-,25+,26?,27?,28?,29?,31+,32?,33?,34?/m1/s1. The van der Waals surface area contributed by atoms with E-state index in [4.69, 9.17) is 0 Å². The minimum atomic E-state index is 0.558. The van der Waals surface area contributed by atoms with Gasteiger partial charge in [0.25, 0.3) is 0 Å². The third kappa shape index (κ3) is 3.41. The van der Waals surface area contributed by atoms with Crippen LogP contribution in [0.1, 0.15) is 152 Å². The van der Waals surface area contributed by atoms with Crippen LogP contribution in [0.5, 0.6) is 0 Å². The van der Waals surface area contributed by atoms with Crippen LogP contribution in [0.15, 0.2) is 0 Å². The van der Waals surface area contributed by atoms with Crippen molar-refractivity contribution in [2.45, 2.75) is 152 Å². The third-order valence-electron chi connectivity index (χ3n) is 14.8. The lowest BCUT2D eigenvalue weighted by molar-refractivity contribution is -0.241. The van der Waals surface area contributed by atoms with E-state index < -0.39 is 0 Å². The molecule has 0 aliphatic heterocycles. The molecule has 0 bridgehead atoms. The summed E-state index contributed by atoms with van der Waals surface area (Å²) in [7, 11) is 0. The van der Waals surface area contributed by atoms with Crippen molar-refractivity contribution in [2.75, 3.05) is 0 Å². The van der Waals surface area contributed by atoms with Crippen LogP contribution in [0.25, 0.3) is 0 Å². The normalized spacial score (nSPS) is 52.8. The maximum atomic E-state index is 2.83. The maximum Gasteiger partial charge on any atom is -0.0235 e. The first-order valence-corrected chi connectivity index (χ1v) is 15.9. The number of hydrogen-bond donors (Lipinski definition) is 0. The molecule has 0 aromatic carbocycles. The summed E-state index contributed by atoms with van der Waals surface area (Å²) in [5.74, 6) is 5.88. The molecule has 34 heavy (non-hydrogen) atoms. The Morgan fingerprint density at radius 2 is 1.29 bits per heavy atom. The van der Waals surface area contributed by atoms with Crippen LogP contribution in [0.3, 0.4) is 0 Å². The molecule has 5 aliphatic carbocycles. The minimum Gasteiger partial charge on any atom is -0.0654 e. The van der Waals surface area contributed by atoms with E-state index in [0.29, 0.717) is 27.1 Å². The van der Waals surface area contributed by atoms with Crippen LogP contribution in [-0.4, -0.2) is 0 Å². The molecule has 0 nitrogen and oxygen atoms in total. The molecular formula is C34H60. The van der Waals surface area contributed by atoms with Gasteiger partial charge in [0.2, 0.25) is 0 Å². The number of rotatable bonds is 5. The topological polar surface area (TPSA) is 0 Å². The van der Waals surface area contributed by atoms with E-state index in [-0.39, 0.29) is 0 Å². The van der Waals surface area contributed by atoms with Crippen molar-refractivity contribution < 1.29 is 0 Å². The number of hydrogen-bond acceptors (Lipinski definition) is 0. The van der Waals surface area contributed by atoms with Crippen LogP contribution in [-0.2, 0) is 0 Å². The van der Waals surface area contributed by atoms with Crippen molar-refractivity contribution in [3.8, 4) is 0 Å². The molecule has 10 atom stereocenters. The van der Waals surface area contributed by atoms with Crippen LogP contribution in [0.4, 0.5) is 0 Å². The number of fused-ring (bicyclic) bond motifs is 7. The Morgan fingerprint density at radius 3 is 1.97 bits per heavy atom. The predicted molar refractivity (Wildman–Crippen MR) is 148 cm³/mol. The highest BCUT2D eigenvalue weighted by atomic mass is 14.7. The summed E-state index contributed by atoms with van der Waals surface area (Å²) >= 11 is 0. The van der Waals surface area contributed by atoms with Crippen molar-refractivity contribution in [1.82, 2.24) is 0 Å². The van der Waals surface area contributed by atoms with Crippen LogP contribution < -0.4 is 0 Å². The van der Waals surface area contributed by atoms with Gasteiger partial charge in [0.15, 0.2) is 0 Å². The lowest BCUT2D eigenvalue weighted by Crippen LogP contribution is -2.65. The van der Waals surface area contributed by atoms with Gasteiger partial charge in [-0.2, -0.15) is 0 Å².